The first-order chi connectivity index (χ1) is 10.1. The molecule has 0 aliphatic heterocycles. The van der Waals surface area contributed by atoms with Crippen LogP contribution in [0.2, 0.25) is 0 Å². The molecule has 0 atom stereocenters. The summed E-state index contributed by atoms with van der Waals surface area (Å²) in [5, 5.41) is 0. The van der Waals surface area contributed by atoms with Crippen molar-refractivity contribution in [3.05, 3.63) is 39.4 Å². The third kappa shape index (κ3) is 5.10. The zero-order valence-electron chi connectivity index (χ0n) is 10.8. The van der Waals surface area contributed by atoms with E-state index in [9.17, 15) is 0 Å². The average molecular weight is 438 g/mol. The van der Waals surface area contributed by atoms with E-state index in [2.05, 4.69) is 15.0 Å². The standard InChI is InChI=1S/C12H7Cl6N3S/c1-6-2-3-7(22-6)4-5-8-19-9(11(13,14)15)21-10(20-8)12(16,17)18/h2-5H,1H3. The predicted octanol–water partition coefficient (Wildman–Crippen LogP) is 6.07. The van der Waals surface area contributed by atoms with Crippen LogP contribution in [0.25, 0.3) is 12.2 Å². The van der Waals surface area contributed by atoms with Gasteiger partial charge in [0.15, 0.2) is 17.5 Å². The van der Waals surface area contributed by atoms with Gasteiger partial charge < -0.3 is 0 Å². The highest BCUT2D eigenvalue weighted by Gasteiger charge is 2.33. The molecule has 0 fully saturated rings. The van der Waals surface area contributed by atoms with E-state index in [-0.39, 0.29) is 17.5 Å². The van der Waals surface area contributed by atoms with Gasteiger partial charge in [0, 0.05) is 9.75 Å². The molecule has 0 bridgehead atoms. The van der Waals surface area contributed by atoms with E-state index < -0.39 is 7.59 Å². The number of halogens is 6. The van der Waals surface area contributed by atoms with Gasteiger partial charge in [0.25, 0.3) is 0 Å². The van der Waals surface area contributed by atoms with Crippen LogP contribution in [0.3, 0.4) is 0 Å². The summed E-state index contributed by atoms with van der Waals surface area (Å²) in [4.78, 5) is 14.2. The van der Waals surface area contributed by atoms with Crippen LogP contribution in [-0.2, 0) is 7.59 Å². The van der Waals surface area contributed by atoms with Crippen molar-refractivity contribution in [2.45, 2.75) is 14.5 Å². The zero-order chi connectivity index (χ0) is 16.5. The summed E-state index contributed by atoms with van der Waals surface area (Å²) in [6.07, 6.45) is 3.45. The quantitative estimate of drug-likeness (QED) is 0.535. The molecule has 3 nitrogen and oxygen atoms in total. The average Bonchev–Trinajstić information content (AvgIpc) is 2.80. The largest absolute Gasteiger partial charge is 0.250 e. The third-order valence-electron chi connectivity index (χ3n) is 2.32. The van der Waals surface area contributed by atoms with Crippen LogP contribution < -0.4 is 0 Å². The van der Waals surface area contributed by atoms with Crippen molar-refractivity contribution < 1.29 is 0 Å². The number of hydrogen-bond donors (Lipinski definition) is 0. The Morgan fingerprint density at radius 3 is 1.82 bits per heavy atom. The minimum atomic E-state index is -1.85. The van der Waals surface area contributed by atoms with Crippen LogP contribution in [0.4, 0.5) is 0 Å². The van der Waals surface area contributed by atoms with Crippen molar-refractivity contribution in [1.82, 2.24) is 15.0 Å². The van der Waals surface area contributed by atoms with Crippen molar-refractivity contribution in [2.24, 2.45) is 0 Å². The highest BCUT2D eigenvalue weighted by atomic mass is 35.6. The first kappa shape index (κ1) is 18.5. The smallest absolute Gasteiger partial charge is 0.209 e. The van der Waals surface area contributed by atoms with Crippen LogP contribution in [0, 0.1) is 6.92 Å². The molecule has 2 aromatic heterocycles. The second-order valence-electron chi connectivity index (χ2n) is 4.12. The van der Waals surface area contributed by atoms with Gasteiger partial charge in [-0.05, 0) is 31.2 Å². The highest BCUT2D eigenvalue weighted by Crippen LogP contribution is 2.40. The molecular weight excluding hydrogens is 431 g/mol. The van der Waals surface area contributed by atoms with Crippen molar-refractivity contribution >= 4 is 93.1 Å². The highest BCUT2D eigenvalue weighted by molar-refractivity contribution is 7.12. The fourth-order valence-corrected chi connectivity index (χ4v) is 2.71. The van der Waals surface area contributed by atoms with Gasteiger partial charge >= 0.3 is 0 Å². The van der Waals surface area contributed by atoms with Crippen LogP contribution in [0.15, 0.2) is 12.1 Å². The number of rotatable bonds is 2. The van der Waals surface area contributed by atoms with Gasteiger partial charge in [0.05, 0.1) is 0 Å². The molecular formula is C12H7Cl6N3S. The lowest BCUT2D eigenvalue weighted by molar-refractivity contribution is 0.835. The lowest BCUT2D eigenvalue weighted by Gasteiger charge is -2.14. The molecule has 0 radical (unpaired) electrons. The number of alkyl halides is 6. The van der Waals surface area contributed by atoms with E-state index in [0.29, 0.717) is 0 Å². The molecule has 0 spiro atoms. The van der Waals surface area contributed by atoms with E-state index >= 15 is 0 Å². The normalized spacial score (nSPS) is 13.0. The third-order valence-corrected chi connectivity index (χ3v) is 4.30. The maximum Gasteiger partial charge on any atom is 0.250 e. The summed E-state index contributed by atoms with van der Waals surface area (Å²) < 4.78 is -3.70. The van der Waals surface area contributed by atoms with Gasteiger partial charge in [-0.1, -0.05) is 69.6 Å². The molecule has 0 amide bonds. The molecule has 0 unspecified atom stereocenters. The first-order valence-corrected chi connectivity index (χ1v) is 8.79. The van der Waals surface area contributed by atoms with E-state index in [0.717, 1.165) is 4.88 Å². The molecule has 2 rings (SSSR count). The molecule has 0 aliphatic carbocycles. The summed E-state index contributed by atoms with van der Waals surface area (Å²) in [7, 11) is 0. The second-order valence-corrected chi connectivity index (χ2v) is 10.0. The Balaban J connectivity index is 2.44. The van der Waals surface area contributed by atoms with E-state index in [4.69, 9.17) is 69.6 Å². The van der Waals surface area contributed by atoms with Crippen LogP contribution in [0.5, 0.6) is 0 Å². The minimum absolute atomic E-state index is 0.115. The topological polar surface area (TPSA) is 38.7 Å². The van der Waals surface area contributed by atoms with E-state index in [1.807, 2.05) is 25.1 Å². The Labute approximate surface area is 161 Å². The van der Waals surface area contributed by atoms with Crippen molar-refractivity contribution in [1.29, 1.82) is 0 Å². The number of nitrogens with zero attached hydrogens (tertiary/aromatic N) is 3. The summed E-state index contributed by atoms with van der Waals surface area (Å²) >= 11 is 36.4. The molecule has 118 valence electrons. The number of thiophene rings is 1. The van der Waals surface area contributed by atoms with Gasteiger partial charge in [0.1, 0.15) is 0 Å². The summed E-state index contributed by atoms with van der Waals surface area (Å²) in [6, 6.07) is 3.96. The SMILES string of the molecule is Cc1ccc(C=Cc2nc(C(Cl)(Cl)Cl)nc(C(Cl)(Cl)Cl)n2)s1. The molecule has 0 saturated carbocycles. The fourth-order valence-electron chi connectivity index (χ4n) is 1.42. The van der Waals surface area contributed by atoms with Gasteiger partial charge in [-0.3, -0.25) is 0 Å². The molecule has 22 heavy (non-hydrogen) atoms. The number of aryl methyl sites for hydroxylation is 1. The molecule has 0 aromatic carbocycles. The Morgan fingerprint density at radius 2 is 1.41 bits per heavy atom. The van der Waals surface area contributed by atoms with E-state index in [1.165, 1.54) is 4.88 Å². The van der Waals surface area contributed by atoms with Gasteiger partial charge in [-0.15, -0.1) is 11.3 Å². The van der Waals surface area contributed by atoms with Crippen molar-refractivity contribution in [2.75, 3.05) is 0 Å². The number of hydrogen-bond acceptors (Lipinski definition) is 4. The van der Waals surface area contributed by atoms with Crippen LogP contribution in [0.1, 0.15) is 27.2 Å². The molecule has 0 saturated heterocycles. The minimum Gasteiger partial charge on any atom is -0.209 e. The predicted molar refractivity (Wildman–Crippen MR) is 96.3 cm³/mol. The van der Waals surface area contributed by atoms with Crippen molar-refractivity contribution in [3.63, 3.8) is 0 Å². The molecule has 2 heterocycles. The number of aromatic nitrogens is 3. The van der Waals surface area contributed by atoms with Gasteiger partial charge in [0.2, 0.25) is 7.59 Å². The fraction of sp³-hybridized carbons (Fsp3) is 0.250. The van der Waals surface area contributed by atoms with Gasteiger partial charge in [-0.2, -0.15) is 0 Å². The maximum atomic E-state index is 5.80. The zero-order valence-corrected chi connectivity index (χ0v) is 16.2. The van der Waals surface area contributed by atoms with E-state index in [1.54, 1.807) is 17.4 Å². The van der Waals surface area contributed by atoms with Crippen molar-refractivity contribution in [3.8, 4) is 0 Å². The molecule has 10 heteroatoms. The Morgan fingerprint density at radius 1 is 0.864 bits per heavy atom. The summed E-state index contributed by atoms with van der Waals surface area (Å²) in [6.45, 7) is 2.01. The molecule has 2 aromatic rings. The summed E-state index contributed by atoms with van der Waals surface area (Å²) in [5.41, 5.74) is 0. The Kier molecular flexibility index (Phi) is 5.87. The second kappa shape index (κ2) is 6.98. The monoisotopic (exact) mass is 435 g/mol. The molecule has 0 aliphatic rings. The molecule has 0 N–H and O–H groups in total. The maximum absolute atomic E-state index is 5.80. The Hall–Kier alpha value is 0.190. The van der Waals surface area contributed by atoms with Crippen LogP contribution in [-0.4, -0.2) is 15.0 Å². The van der Waals surface area contributed by atoms with Crippen LogP contribution >= 0.6 is 80.9 Å². The summed E-state index contributed by atoms with van der Waals surface area (Å²) in [5.74, 6) is -0.00428. The lowest BCUT2D eigenvalue weighted by atomic mass is 10.4. The lowest BCUT2D eigenvalue weighted by Crippen LogP contribution is -2.16. The first-order valence-electron chi connectivity index (χ1n) is 5.71. The Bertz CT molecular complexity index is 669. The van der Waals surface area contributed by atoms with Gasteiger partial charge in [-0.25, -0.2) is 15.0 Å².